The molecule has 0 aliphatic carbocycles. The van der Waals surface area contributed by atoms with Crippen molar-refractivity contribution in [3.8, 4) is 5.75 Å². The number of aliphatic hydroxyl groups excluding tert-OH is 1. The number of hydrogen-bond donors (Lipinski definition) is 1. The molecule has 0 bridgehead atoms. The van der Waals surface area contributed by atoms with Crippen LogP contribution in [0, 0.1) is 0 Å². The Bertz CT molecular complexity index is 768. The van der Waals surface area contributed by atoms with Gasteiger partial charge in [-0.15, -0.1) is 0 Å². The maximum Gasteiger partial charge on any atom is 0.190 e. The Morgan fingerprint density at radius 1 is 1.14 bits per heavy atom. The Kier molecular flexibility index (Phi) is 5.67. The first kappa shape index (κ1) is 20.4. The summed E-state index contributed by atoms with van der Waals surface area (Å²) in [6.07, 6.45) is -4.06. The van der Waals surface area contributed by atoms with Gasteiger partial charge in [0.15, 0.2) is 12.1 Å². The Labute approximate surface area is 168 Å². The van der Waals surface area contributed by atoms with Crippen molar-refractivity contribution in [2.75, 3.05) is 13.7 Å². The fraction of sp³-hybridized carbons (Fsp3) is 0.684. The van der Waals surface area contributed by atoms with E-state index in [-0.39, 0.29) is 6.61 Å². The van der Waals surface area contributed by atoms with Gasteiger partial charge >= 0.3 is 0 Å². The van der Waals surface area contributed by atoms with Crippen molar-refractivity contribution in [2.45, 2.75) is 69.1 Å². The van der Waals surface area contributed by atoms with E-state index in [9.17, 15) is 5.11 Å². The molecule has 29 heavy (non-hydrogen) atoms. The SMILES string of the molecule is COc1ccc(COC[C@H]2O[C@@H]3[C@H](O[C@@H]4OC(C)(C)O[C@@H]43)[C@H](N=[N+]=[N-])[C@H]2O)cc1. The molecule has 3 heterocycles. The predicted molar refractivity (Wildman–Crippen MR) is 98.9 cm³/mol. The highest BCUT2D eigenvalue weighted by Crippen LogP contribution is 2.43. The molecule has 4 rings (SSSR count). The van der Waals surface area contributed by atoms with Crippen molar-refractivity contribution in [1.29, 1.82) is 0 Å². The highest BCUT2D eigenvalue weighted by molar-refractivity contribution is 5.26. The second-order valence-corrected chi connectivity index (χ2v) is 7.76. The fourth-order valence-electron chi connectivity index (χ4n) is 3.98. The number of aliphatic hydroxyl groups is 1. The molecule has 1 aromatic carbocycles. The van der Waals surface area contributed by atoms with Crippen LogP contribution in [0.4, 0.5) is 0 Å². The minimum absolute atomic E-state index is 0.121. The molecule has 10 nitrogen and oxygen atoms in total. The van der Waals surface area contributed by atoms with Gasteiger partial charge in [-0.25, -0.2) is 0 Å². The zero-order chi connectivity index (χ0) is 20.6. The van der Waals surface area contributed by atoms with Gasteiger partial charge in [0.1, 0.15) is 30.2 Å². The van der Waals surface area contributed by atoms with Crippen LogP contribution < -0.4 is 4.74 Å². The second kappa shape index (κ2) is 8.08. The standard InChI is InChI=1S/C19H25N3O7/c1-19(2)28-17-16-15(27-18(17)29-19)13(21-22-20)14(23)12(26-16)9-25-8-10-4-6-11(24-3)7-5-10/h4-7,12-18,23H,8-9H2,1-3H3/t12-,13-,14+,15-,16-,17-,18-/m1/s1. The Morgan fingerprint density at radius 3 is 2.59 bits per heavy atom. The summed E-state index contributed by atoms with van der Waals surface area (Å²) in [5.41, 5.74) is 9.90. The lowest BCUT2D eigenvalue weighted by Gasteiger charge is -2.40. The number of ether oxygens (including phenoxy) is 6. The lowest BCUT2D eigenvalue weighted by molar-refractivity contribution is -0.250. The number of fused-ring (bicyclic) bond motifs is 3. The minimum atomic E-state index is -1.07. The first-order valence-electron chi connectivity index (χ1n) is 9.51. The van der Waals surface area contributed by atoms with E-state index in [4.69, 9.17) is 34.0 Å². The maximum absolute atomic E-state index is 10.7. The molecule has 0 saturated carbocycles. The van der Waals surface area contributed by atoms with Gasteiger partial charge < -0.3 is 33.5 Å². The van der Waals surface area contributed by atoms with Crippen molar-refractivity contribution in [1.82, 2.24) is 0 Å². The Hall–Kier alpha value is -1.91. The van der Waals surface area contributed by atoms with Gasteiger partial charge in [0.25, 0.3) is 0 Å². The predicted octanol–water partition coefficient (Wildman–Crippen LogP) is 1.90. The number of benzene rings is 1. The molecule has 0 unspecified atom stereocenters. The molecule has 1 aromatic rings. The quantitative estimate of drug-likeness (QED) is 0.434. The first-order valence-corrected chi connectivity index (χ1v) is 9.51. The molecule has 3 aliphatic heterocycles. The number of azide groups is 1. The summed E-state index contributed by atoms with van der Waals surface area (Å²) in [7, 11) is 1.61. The van der Waals surface area contributed by atoms with E-state index in [0.29, 0.717) is 6.61 Å². The molecule has 0 amide bonds. The maximum atomic E-state index is 10.7. The summed E-state index contributed by atoms with van der Waals surface area (Å²) < 4.78 is 34.5. The van der Waals surface area contributed by atoms with Gasteiger partial charge in [-0.05, 0) is 37.1 Å². The topological polar surface area (TPSA) is 124 Å². The molecule has 0 spiro atoms. The molecular weight excluding hydrogens is 382 g/mol. The third kappa shape index (κ3) is 4.06. The molecule has 3 aliphatic rings. The molecular formula is C19H25N3O7. The van der Waals surface area contributed by atoms with Crippen molar-refractivity contribution in [3.05, 3.63) is 40.3 Å². The van der Waals surface area contributed by atoms with E-state index in [1.807, 2.05) is 24.3 Å². The third-order valence-electron chi connectivity index (χ3n) is 5.32. The van der Waals surface area contributed by atoms with Crippen LogP contribution in [0.3, 0.4) is 0 Å². The van der Waals surface area contributed by atoms with Gasteiger partial charge in [0.05, 0.1) is 32.5 Å². The molecule has 1 N–H and O–H groups in total. The van der Waals surface area contributed by atoms with E-state index in [0.717, 1.165) is 11.3 Å². The highest BCUT2D eigenvalue weighted by Gasteiger charge is 2.61. The smallest absolute Gasteiger partial charge is 0.190 e. The number of nitrogens with zero attached hydrogens (tertiary/aromatic N) is 3. The average Bonchev–Trinajstić information content (AvgIpc) is 3.17. The molecule has 158 valence electrons. The van der Waals surface area contributed by atoms with Crippen LogP contribution in [-0.4, -0.2) is 67.5 Å². The monoisotopic (exact) mass is 407 g/mol. The summed E-state index contributed by atoms with van der Waals surface area (Å²) in [5.74, 6) is -0.0332. The van der Waals surface area contributed by atoms with Crippen LogP contribution in [0.5, 0.6) is 5.75 Å². The lowest BCUT2D eigenvalue weighted by atomic mass is 9.92. The summed E-state index contributed by atoms with van der Waals surface area (Å²) in [6, 6.07) is 6.67. The Balaban J connectivity index is 1.42. The van der Waals surface area contributed by atoms with Crippen molar-refractivity contribution in [2.24, 2.45) is 5.11 Å². The largest absolute Gasteiger partial charge is 0.497 e. The van der Waals surface area contributed by atoms with E-state index in [1.54, 1.807) is 21.0 Å². The molecule has 7 atom stereocenters. The van der Waals surface area contributed by atoms with Gasteiger partial charge in [-0.2, -0.15) is 0 Å². The highest BCUT2D eigenvalue weighted by atomic mass is 16.8. The van der Waals surface area contributed by atoms with Crippen molar-refractivity contribution < 1.29 is 33.5 Å². The molecule has 3 saturated heterocycles. The van der Waals surface area contributed by atoms with Crippen LogP contribution in [0.15, 0.2) is 29.4 Å². The van der Waals surface area contributed by atoms with E-state index < -0.39 is 48.6 Å². The van der Waals surface area contributed by atoms with Crippen LogP contribution >= 0.6 is 0 Å². The molecule has 0 radical (unpaired) electrons. The van der Waals surface area contributed by atoms with Crippen LogP contribution in [0.1, 0.15) is 19.4 Å². The summed E-state index contributed by atoms with van der Waals surface area (Å²) in [6.45, 7) is 4.05. The van der Waals surface area contributed by atoms with E-state index in [1.165, 1.54) is 0 Å². The van der Waals surface area contributed by atoms with Gasteiger partial charge in [0, 0.05) is 4.91 Å². The fourth-order valence-corrected chi connectivity index (χ4v) is 3.98. The molecule has 3 fully saturated rings. The molecule has 10 heteroatoms. The zero-order valence-corrected chi connectivity index (χ0v) is 16.5. The van der Waals surface area contributed by atoms with E-state index >= 15 is 0 Å². The lowest BCUT2D eigenvalue weighted by Crippen LogP contribution is -2.58. The van der Waals surface area contributed by atoms with E-state index in [2.05, 4.69) is 10.0 Å². The number of hydrogen-bond acceptors (Lipinski definition) is 8. The van der Waals surface area contributed by atoms with Gasteiger partial charge in [-0.1, -0.05) is 17.2 Å². The normalized spacial score (nSPS) is 37.4. The third-order valence-corrected chi connectivity index (χ3v) is 5.32. The van der Waals surface area contributed by atoms with Crippen molar-refractivity contribution in [3.63, 3.8) is 0 Å². The number of methoxy groups -OCH3 is 1. The molecule has 0 aromatic heterocycles. The summed E-state index contributed by atoms with van der Waals surface area (Å²) in [5, 5.41) is 14.4. The number of rotatable bonds is 6. The van der Waals surface area contributed by atoms with Crippen molar-refractivity contribution >= 4 is 0 Å². The average molecular weight is 407 g/mol. The van der Waals surface area contributed by atoms with Gasteiger partial charge in [0.2, 0.25) is 0 Å². The first-order chi connectivity index (χ1) is 13.9. The minimum Gasteiger partial charge on any atom is -0.497 e. The summed E-state index contributed by atoms with van der Waals surface area (Å²) in [4.78, 5) is 2.87. The second-order valence-electron chi connectivity index (χ2n) is 7.76. The van der Waals surface area contributed by atoms with Crippen LogP contribution in [0.2, 0.25) is 0 Å². The Morgan fingerprint density at radius 2 is 1.90 bits per heavy atom. The zero-order valence-electron chi connectivity index (χ0n) is 16.5. The van der Waals surface area contributed by atoms with Gasteiger partial charge in [-0.3, -0.25) is 0 Å². The summed E-state index contributed by atoms with van der Waals surface area (Å²) >= 11 is 0. The van der Waals surface area contributed by atoms with Crippen LogP contribution in [0.25, 0.3) is 10.4 Å². The van der Waals surface area contributed by atoms with Crippen LogP contribution in [-0.2, 0) is 30.3 Å².